The lowest BCUT2D eigenvalue weighted by Crippen LogP contribution is -2.32. The lowest BCUT2D eigenvalue weighted by Gasteiger charge is -2.22. The molecule has 5 heteroatoms. The Hall–Kier alpha value is -2.33. The molecule has 0 unspecified atom stereocenters. The highest BCUT2D eigenvalue weighted by atomic mass is 35.5. The minimum atomic E-state index is -0.506. The van der Waals surface area contributed by atoms with Crippen molar-refractivity contribution in [3.8, 4) is 0 Å². The standard InChI is InChI=1S/C29H38ClNO3/c30-28(32)26-18-20-27(21-19-26)31(29(33)34-23-25-16-10-6-11-17-25)22-12-4-2-1-3-7-13-24-14-8-5-9-15-24/h6,10-11,16-21,24H,1-5,7-9,12-15,22-23H2. The Morgan fingerprint density at radius 3 is 2.15 bits per heavy atom. The Labute approximate surface area is 209 Å². The van der Waals surface area contributed by atoms with E-state index in [1.54, 1.807) is 29.2 Å². The number of nitrogens with zero attached hydrogens (tertiary/aromatic N) is 1. The van der Waals surface area contributed by atoms with Crippen LogP contribution in [0.3, 0.4) is 0 Å². The molecule has 1 saturated carbocycles. The van der Waals surface area contributed by atoms with Gasteiger partial charge in [-0.2, -0.15) is 0 Å². The van der Waals surface area contributed by atoms with E-state index in [2.05, 4.69) is 0 Å². The van der Waals surface area contributed by atoms with E-state index in [1.165, 1.54) is 64.2 Å². The van der Waals surface area contributed by atoms with E-state index < -0.39 is 5.24 Å². The van der Waals surface area contributed by atoms with Crippen molar-refractivity contribution >= 4 is 28.6 Å². The molecule has 0 aromatic heterocycles. The minimum absolute atomic E-state index is 0.232. The van der Waals surface area contributed by atoms with Crippen molar-refractivity contribution in [1.82, 2.24) is 0 Å². The Balaban J connectivity index is 1.43. The maximum Gasteiger partial charge on any atom is 0.414 e. The van der Waals surface area contributed by atoms with Gasteiger partial charge in [0.1, 0.15) is 6.61 Å². The summed E-state index contributed by atoms with van der Waals surface area (Å²) in [5, 5.41) is -0.506. The second-order valence-corrected chi connectivity index (χ2v) is 9.77. The van der Waals surface area contributed by atoms with E-state index >= 15 is 0 Å². The van der Waals surface area contributed by atoms with Crippen LogP contribution in [0.25, 0.3) is 0 Å². The molecule has 0 heterocycles. The molecule has 0 radical (unpaired) electrons. The first-order chi connectivity index (χ1) is 16.6. The number of hydrogen-bond acceptors (Lipinski definition) is 3. The molecule has 4 nitrogen and oxygen atoms in total. The first-order valence-corrected chi connectivity index (χ1v) is 13.3. The zero-order chi connectivity index (χ0) is 24.0. The molecular formula is C29H38ClNO3. The van der Waals surface area contributed by atoms with Crippen molar-refractivity contribution in [2.45, 2.75) is 83.7 Å². The SMILES string of the molecule is O=C(Cl)c1ccc(N(CCCCCCCCC2CCCCC2)C(=O)OCc2ccccc2)cc1. The number of carbonyl (C=O) groups excluding carboxylic acids is 2. The highest BCUT2D eigenvalue weighted by Gasteiger charge is 2.18. The summed E-state index contributed by atoms with van der Waals surface area (Å²) < 4.78 is 5.58. The molecule has 0 saturated heterocycles. The van der Waals surface area contributed by atoms with Crippen molar-refractivity contribution in [2.75, 3.05) is 11.4 Å². The van der Waals surface area contributed by atoms with Gasteiger partial charge in [-0.15, -0.1) is 0 Å². The summed E-state index contributed by atoms with van der Waals surface area (Å²) in [5.41, 5.74) is 2.08. The normalized spacial score (nSPS) is 14.0. The summed E-state index contributed by atoms with van der Waals surface area (Å²) in [4.78, 5) is 26.0. The molecule has 0 bridgehead atoms. The van der Waals surface area contributed by atoms with Crippen LogP contribution in [-0.4, -0.2) is 17.9 Å². The zero-order valence-corrected chi connectivity index (χ0v) is 21.0. The molecule has 2 aromatic rings. The third-order valence-corrected chi connectivity index (χ3v) is 7.02. The molecule has 2 aromatic carbocycles. The van der Waals surface area contributed by atoms with Crippen molar-refractivity contribution in [2.24, 2.45) is 5.92 Å². The summed E-state index contributed by atoms with van der Waals surface area (Å²) in [6, 6.07) is 16.5. The van der Waals surface area contributed by atoms with Crippen LogP contribution < -0.4 is 4.90 Å². The Kier molecular flexibility index (Phi) is 11.5. The van der Waals surface area contributed by atoms with E-state index in [-0.39, 0.29) is 12.7 Å². The van der Waals surface area contributed by atoms with Crippen molar-refractivity contribution in [1.29, 1.82) is 0 Å². The predicted molar refractivity (Wildman–Crippen MR) is 139 cm³/mol. The number of carbonyl (C=O) groups is 2. The lowest BCUT2D eigenvalue weighted by atomic mass is 9.85. The second-order valence-electron chi connectivity index (χ2n) is 9.43. The van der Waals surface area contributed by atoms with Gasteiger partial charge in [-0.25, -0.2) is 4.79 Å². The lowest BCUT2D eigenvalue weighted by molar-refractivity contribution is 0.108. The molecule has 0 aliphatic heterocycles. The number of rotatable bonds is 13. The monoisotopic (exact) mass is 483 g/mol. The molecule has 34 heavy (non-hydrogen) atoms. The number of ether oxygens (including phenoxy) is 1. The van der Waals surface area contributed by atoms with Crippen LogP contribution in [0.15, 0.2) is 54.6 Å². The third-order valence-electron chi connectivity index (χ3n) is 6.80. The van der Waals surface area contributed by atoms with E-state index in [9.17, 15) is 9.59 Å². The number of amides is 1. The largest absolute Gasteiger partial charge is 0.444 e. The quantitative estimate of drug-likeness (QED) is 0.212. The zero-order valence-electron chi connectivity index (χ0n) is 20.2. The van der Waals surface area contributed by atoms with Gasteiger partial charge in [0.15, 0.2) is 0 Å². The molecule has 1 aliphatic carbocycles. The van der Waals surface area contributed by atoms with Gasteiger partial charge in [0.25, 0.3) is 5.24 Å². The van der Waals surface area contributed by atoms with Gasteiger partial charge in [-0.3, -0.25) is 9.69 Å². The summed E-state index contributed by atoms with van der Waals surface area (Å²) in [7, 11) is 0. The fraction of sp³-hybridized carbons (Fsp3) is 0.517. The molecule has 1 amide bonds. The molecule has 1 aliphatic rings. The van der Waals surface area contributed by atoms with E-state index in [0.29, 0.717) is 17.8 Å². The van der Waals surface area contributed by atoms with E-state index in [4.69, 9.17) is 16.3 Å². The fourth-order valence-corrected chi connectivity index (χ4v) is 4.91. The first kappa shape index (κ1) is 26.3. The van der Waals surface area contributed by atoms with Gasteiger partial charge in [0, 0.05) is 17.8 Å². The summed E-state index contributed by atoms with van der Waals surface area (Å²) in [5.74, 6) is 0.977. The van der Waals surface area contributed by atoms with Crippen LogP contribution in [-0.2, 0) is 11.3 Å². The Bertz CT molecular complexity index is 863. The van der Waals surface area contributed by atoms with Crippen molar-refractivity contribution in [3.05, 3.63) is 65.7 Å². The first-order valence-electron chi connectivity index (χ1n) is 12.9. The van der Waals surface area contributed by atoms with Crippen LogP contribution in [0.4, 0.5) is 10.5 Å². The number of halogens is 1. The topological polar surface area (TPSA) is 46.6 Å². The van der Waals surface area contributed by atoms with Crippen LogP contribution in [0.5, 0.6) is 0 Å². The highest BCUT2D eigenvalue weighted by Crippen LogP contribution is 2.28. The Morgan fingerprint density at radius 1 is 0.824 bits per heavy atom. The van der Waals surface area contributed by atoms with Crippen molar-refractivity contribution < 1.29 is 14.3 Å². The van der Waals surface area contributed by atoms with Gasteiger partial charge >= 0.3 is 6.09 Å². The molecule has 0 spiro atoms. The maximum absolute atomic E-state index is 12.9. The number of unbranched alkanes of at least 4 members (excludes halogenated alkanes) is 5. The minimum Gasteiger partial charge on any atom is -0.444 e. The second kappa shape index (κ2) is 14.8. The van der Waals surface area contributed by atoms with Gasteiger partial charge in [-0.05, 0) is 53.8 Å². The van der Waals surface area contributed by atoms with Crippen LogP contribution >= 0.6 is 11.6 Å². The maximum atomic E-state index is 12.9. The average Bonchev–Trinajstić information content (AvgIpc) is 2.88. The number of hydrogen-bond donors (Lipinski definition) is 0. The fourth-order valence-electron chi connectivity index (χ4n) is 4.78. The summed E-state index contributed by atoms with van der Waals surface area (Å²) >= 11 is 5.57. The molecule has 0 atom stereocenters. The average molecular weight is 484 g/mol. The van der Waals surface area contributed by atoms with Gasteiger partial charge in [0.05, 0.1) is 0 Å². The number of benzene rings is 2. The molecular weight excluding hydrogens is 446 g/mol. The molecule has 1 fully saturated rings. The predicted octanol–water partition coefficient (Wildman–Crippen LogP) is 8.52. The number of anilines is 1. The van der Waals surface area contributed by atoms with Gasteiger partial charge < -0.3 is 4.74 Å². The summed E-state index contributed by atoms with van der Waals surface area (Å²) in [6.07, 6.45) is 15.3. The van der Waals surface area contributed by atoms with Gasteiger partial charge in [0.2, 0.25) is 0 Å². The molecule has 184 valence electrons. The third kappa shape index (κ3) is 9.13. The van der Waals surface area contributed by atoms with E-state index in [0.717, 1.165) is 24.3 Å². The molecule has 3 rings (SSSR count). The Morgan fingerprint density at radius 2 is 1.47 bits per heavy atom. The van der Waals surface area contributed by atoms with Gasteiger partial charge in [-0.1, -0.05) is 101 Å². The van der Waals surface area contributed by atoms with Crippen LogP contribution in [0, 0.1) is 5.92 Å². The van der Waals surface area contributed by atoms with Crippen LogP contribution in [0.2, 0.25) is 0 Å². The molecule has 0 N–H and O–H groups in total. The highest BCUT2D eigenvalue weighted by molar-refractivity contribution is 6.67. The smallest absolute Gasteiger partial charge is 0.414 e. The van der Waals surface area contributed by atoms with Crippen molar-refractivity contribution in [3.63, 3.8) is 0 Å². The van der Waals surface area contributed by atoms with E-state index in [1.807, 2.05) is 30.3 Å². The van der Waals surface area contributed by atoms with Crippen LogP contribution in [0.1, 0.15) is 93.0 Å². The summed E-state index contributed by atoms with van der Waals surface area (Å²) in [6.45, 7) is 0.819.